The van der Waals surface area contributed by atoms with E-state index in [1.807, 2.05) is 39.0 Å². The Bertz CT molecular complexity index is 1040. The lowest BCUT2D eigenvalue weighted by Crippen LogP contribution is -2.51. The van der Waals surface area contributed by atoms with Gasteiger partial charge in [0.15, 0.2) is 17.3 Å². The maximum Gasteiger partial charge on any atom is 0.244 e. The van der Waals surface area contributed by atoms with Crippen molar-refractivity contribution < 1.29 is 33.8 Å². The standard InChI is InChI=1S/C28H38N2O7/c1-28(2,3)26(24(32)19-12-8-7-9-13-19)29-27(33)20(17-23(31)30-34)14-10-11-18-15-21(35-4)25(37-6)22(16-18)36-5/h7-9,12-13,15-16,20,26,34H,10-11,14,17H2,1-6H3,(H,29,33)(H,30,31)/t20-,26-/m1/s1. The molecule has 0 saturated heterocycles. The molecule has 0 spiro atoms. The second kappa shape index (κ2) is 13.6. The van der Waals surface area contributed by atoms with E-state index in [9.17, 15) is 14.4 Å². The van der Waals surface area contributed by atoms with Crippen LogP contribution in [0.1, 0.15) is 56.0 Å². The monoisotopic (exact) mass is 514 g/mol. The summed E-state index contributed by atoms with van der Waals surface area (Å²) in [6, 6.07) is 11.7. The second-order valence-corrected chi connectivity index (χ2v) is 9.90. The molecule has 0 aliphatic carbocycles. The molecule has 2 atom stereocenters. The van der Waals surface area contributed by atoms with Gasteiger partial charge in [-0.15, -0.1) is 0 Å². The number of hydroxylamine groups is 1. The number of rotatable bonds is 13. The molecule has 0 aliphatic heterocycles. The first-order chi connectivity index (χ1) is 17.5. The minimum Gasteiger partial charge on any atom is -0.493 e. The highest BCUT2D eigenvalue weighted by molar-refractivity contribution is 6.02. The summed E-state index contributed by atoms with van der Waals surface area (Å²) in [4.78, 5) is 38.5. The molecular weight excluding hydrogens is 476 g/mol. The van der Waals surface area contributed by atoms with Crippen LogP contribution in [0, 0.1) is 11.3 Å². The van der Waals surface area contributed by atoms with E-state index in [1.54, 1.807) is 29.7 Å². The number of carbonyl (C=O) groups is 3. The molecule has 0 bridgehead atoms. The summed E-state index contributed by atoms with van der Waals surface area (Å²) in [6.07, 6.45) is 1.27. The molecule has 0 aromatic heterocycles. The molecule has 0 radical (unpaired) electrons. The summed E-state index contributed by atoms with van der Waals surface area (Å²) in [7, 11) is 4.61. The van der Waals surface area contributed by atoms with E-state index in [0.29, 0.717) is 42.1 Å². The zero-order chi connectivity index (χ0) is 27.6. The first-order valence-electron chi connectivity index (χ1n) is 12.2. The van der Waals surface area contributed by atoms with E-state index in [1.165, 1.54) is 21.3 Å². The predicted molar refractivity (Wildman–Crippen MR) is 139 cm³/mol. The minimum atomic E-state index is -0.794. The Hall–Kier alpha value is -3.59. The van der Waals surface area contributed by atoms with Crippen LogP contribution >= 0.6 is 0 Å². The quantitative estimate of drug-likeness (QED) is 0.210. The van der Waals surface area contributed by atoms with Gasteiger partial charge in [0.2, 0.25) is 17.6 Å². The number of nitrogens with one attached hydrogen (secondary N) is 2. The van der Waals surface area contributed by atoms with Crippen LogP contribution in [-0.4, -0.2) is 50.2 Å². The van der Waals surface area contributed by atoms with Crippen LogP contribution in [0.2, 0.25) is 0 Å². The molecule has 0 aliphatic rings. The van der Waals surface area contributed by atoms with Crippen LogP contribution in [0.4, 0.5) is 0 Å². The first-order valence-corrected chi connectivity index (χ1v) is 12.2. The Balaban J connectivity index is 2.19. The van der Waals surface area contributed by atoms with Gasteiger partial charge in [0.05, 0.1) is 27.4 Å². The summed E-state index contributed by atoms with van der Waals surface area (Å²) in [5.41, 5.74) is 2.44. The molecule has 2 amide bonds. The summed E-state index contributed by atoms with van der Waals surface area (Å²) >= 11 is 0. The van der Waals surface area contributed by atoms with Gasteiger partial charge in [-0.1, -0.05) is 51.1 Å². The van der Waals surface area contributed by atoms with Gasteiger partial charge in [-0.2, -0.15) is 0 Å². The van der Waals surface area contributed by atoms with Crippen molar-refractivity contribution in [3.8, 4) is 17.2 Å². The molecule has 2 rings (SSSR count). The van der Waals surface area contributed by atoms with Crippen molar-refractivity contribution in [3.05, 3.63) is 53.6 Å². The summed E-state index contributed by atoms with van der Waals surface area (Å²) in [6.45, 7) is 5.62. The Kier molecular flexibility index (Phi) is 10.9. The molecule has 202 valence electrons. The lowest BCUT2D eigenvalue weighted by atomic mass is 9.81. The third-order valence-corrected chi connectivity index (χ3v) is 6.14. The number of amides is 2. The number of carbonyl (C=O) groups excluding carboxylic acids is 3. The molecule has 9 heteroatoms. The number of methoxy groups -OCH3 is 3. The van der Waals surface area contributed by atoms with Crippen LogP contribution in [0.3, 0.4) is 0 Å². The molecule has 0 unspecified atom stereocenters. The topological polar surface area (TPSA) is 123 Å². The Labute approximate surface area is 218 Å². The number of ketones is 1. The fraction of sp³-hybridized carbons (Fsp3) is 0.464. The van der Waals surface area contributed by atoms with E-state index < -0.39 is 29.2 Å². The Morgan fingerprint density at radius 1 is 0.946 bits per heavy atom. The molecule has 9 nitrogen and oxygen atoms in total. The Morgan fingerprint density at radius 3 is 2.03 bits per heavy atom. The highest BCUT2D eigenvalue weighted by atomic mass is 16.5. The van der Waals surface area contributed by atoms with Gasteiger partial charge in [-0.3, -0.25) is 19.6 Å². The zero-order valence-electron chi connectivity index (χ0n) is 22.4. The van der Waals surface area contributed by atoms with Crippen molar-refractivity contribution in [2.45, 2.75) is 52.5 Å². The number of benzene rings is 2. The van der Waals surface area contributed by atoms with Crippen LogP contribution in [0.5, 0.6) is 17.2 Å². The average Bonchev–Trinajstić information content (AvgIpc) is 2.89. The zero-order valence-corrected chi connectivity index (χ0v) is 22.4. The van der Waals surface area contributed by atoms with Crippen LogP contribution < -0.4 is 25.0 Å². The average molecular weight is 515 g/mol. The molecule has 2 aromatic rings. The van der Waals surface area contributed by atoms with Gasteiger partial charge in [-0.05, 0) is 42.4 Å². The van der Waals surface area contributed by atoms with E-state index in [-0.39, 0.29) is 12.2 Å². The summed E-state index contributed by atoms with van der Waals surface area (Å²) < 4.78 is 16.2. The number of ether oxygens (including phenoxy) is 3. The first kappa shape index (κ1) is 29.6. The molecule has 3 N–H and O–H groups in total. The van der Waals surface area contributed by atoms with Gasteiger partial charge in [0.25, 0.3) is 0 Å². The maximum absolute atomic E-state index is 13.3. The van der Waals surface area contributed by atoms with Gasteiger partial charge >= 0.3 is 0 Å². The van der Waals surface area contributed by atoms with E-state index in [4.69, 9.17) is 19.4 Å². The van der Waals surface area contributed by atoms with Gasteiger partial charge < -0.3 is 19.5 Å². The fourth-order valence-corrected chi connectivity index (χ4v) is 4.13. The van der Waals surface area contributed by atoms with E-state index >= 15 is 0 Å². The largest absolute Gasteiger partial charge is 0.493 e. The fourth-order valence-electron chi connectivity index (χ4n) is 4.13. The van der Waals surface area contributed by atoms with Gasteiger partial charge in [0, 0.05) is 17.9 Å². The SMILES string of the molecule is COc1cc(CCC[C@H](CC(=O)NO)C(=O)N[C@H](C(=O)c2ccccc2)C(C)(C)C)cc(OC)c1OC. The lowest BCUT2D eigenvalue weighted by Gasteiger charge is -2.31. The minimum absolute atomic E-state index is 0.204. The van der Waals surface area contributed by atoms with E-state index in [2.05, 4.69) is 5.32 Å². The van der Waals surface area contributed by atoms with Crippen molar-refractivity contribution in [3.63, 3.8) is 0 Å². The van der Waals surface area contributed by atoms with Crippen molar-refractivity contribution in [2.75, 3.05) is 21.3 Å². The van der Waals surface area contributed by atoms with Gasteiger partial charge in [-0.25, -0.2) is 5.48 Å². The third kappa shape index (κ3) is 8.21. The normalized spacial score (nSPS) is 12.7. The highest BCUT2D eigenvalue weighted by Crippen LogP contribution is 2.38. The van der Waals surface area contributed by atoms with E-state index in [0.717, 1.165) is 5.56 Å². The van der Waals surface area contributed by atoms with Crippen LogP contribution in [0.15, 0.2) is 42.5 Å². The molecule has 0 heterocycles. The maximum atomic E-state index is 13.3. The highest BCUT2D eigenvalue weighted by Gasteiger charge is 2.35. The predicted octanol–water partition coefficient (Wildman–Crippen LogP) is 3.96. The van der Waals surface area contributed by atoms with Crippen molar-refractivity contribution >= 4 is 17.6 Å². The molecule has 2 aromatic carbocycles. The number of Topliss-reactive ketones (excluding diaryl/α,β-unsaturated/α-hetero) is 1. The van der Waals surface area contributed by atoms with Crippen molar-refractivity contribution in [1.29, 1.82) is 0 Å². The van der Waals surface area contributed by atoms with Gasteiger partial charge in [0.1, 0.15) is 0 Å². The van der Waals surface area contributed by atoms with Crippen molar-refractivity contribution in [2.24, 2.45) is 11.3 Å². The summed E-state index contributed by atoms with van der Waals surface area (Å²) in [5.74, 6) is -0.502. The number of hydrogen-bond donors (Lipinski definition) is 3. The summed E-state index contributed by atoms with van der Waals surface area (Å²) in [5, 5.41) is 11.9. The number of hydrogen-bond acceptors (Lipinski definition) is 7. The van der Waals surface area contributed by atoms with Crippen LogP contribution in [0.25, 0.3) is 0 Å². The molecular formula is C28H38N2O7. The molecule has 37 heavy (non-hydrogen) atoms. The molecule has 0 saturated carbocycles. The lowest BCUT2D eigenvalue weighted by molar-refractivity contribution is -0.135. The molecule has 0 fully saturated rings. The van der Waals surface area contributed by atoms with Crippen LogP contribution in [-0.2, 0) is 16.0 Å². The van der Waals surface area contributed by atoms with Crippen molar-refractivity contribution in [1.82, 2.24) is 10.8 Å². The second-order valence-electron chi connectivity index (χ2n) is 9.90. The smallest absolute Gasteiger partial charge is 0.244 e. The third-order valence-electron chi connectivity index (χ3n) is 6.14. The Morgan fingerprint density at radius 2 is 1.54 bits per heavy atom. The number of aryl methyl sites for hydroxylation is 1.